The van der Waals surface area contributed by atoms with E-state index >= 15 is 0 Å². The number of methoxy groups -OCH3 is 2. The average molecular weight is 558 g/mol. The third-order valence-electron chi connectivity index (χ3n) is 5.30. The van der Waals surface area contributed by atoms with E-state index in [1.807, 2.05) is 0 Å². The SMILES string of the molecule is COc1ccc(/C=C2/N=C(SCC(=O)Nc3ccccc3OC(F)(F)F)N(c3ccccc3)C2=O)c(OC)c1. The van der Waals surface area contributed by atoms with E-state index in [4.69, 9.17) is 9.47 Å². The molecule has 0 atom stereocenters. The van der Waals surface area contributed by atoms with Crippen molar-refractivity contribution in [3.63, 3.8) is 0 Å². The number of rotatable bonds is 8. The molecule has 0 unspecified atom stereocenters. The molecule has 202 valence electrons. The topological polar surface area (TPSA) is 89.5 Å². The van der Waals surface area contributed by atoms with Gasteiger partial charge in [0, 0.05) is 11.6 Å². The molecule has 0 bridgehead atoms. The Morgan fingerprint density at radius 1 is 1.00 bits per heavy atom. The van der Waals surface area contributed by atoms with Crippen LogP contribution < -0.4 is 24.4 Å². The maximum absolute atomic E-state index is 13.4. The van der Waals surface area contributed by atoms with Crippen LogP contribution in [0.1, 0.15) is 5.56 Å². The fourth-order valence-electron chi connectivity index (χ4n) is 3.58. The van der Waals surface area contributed by atoms with Crippen LogP contribution >= 0.6 is 11.8 Å². The van der Waals surface area contributed by atoms with Gasteiger partial charge in [0.15, 0.2) is 10.9 Å². The van der Waals surface area contributed by atoms with Gasteiger partial charge in [-0.05, 0) is 42.5 Å². The molecule has 0 saturated heterocycles. The lowest BCUT2D eigenvalue weighted by Gasteiger charge is -2.18. The maximum Gasteiger partial charge on any atom is 0.573 e. The number of nitrogens with zero attached hydrogens (tertiary/aromatic N) is 2. The monoisotopic (exact) mass is 557 g/mol. The summed E-state index contributed by atoms with van der Waals surface area (Å²) in [6, 6.07) is 19.1. The number of hydrogen-bond donors (Lipinski definition) is 1. The summed E-state index contributed by atoms with van der Waals surface area (Å²) in [5.74, 6) is -0.778. The summed E-state index contributed by atoms with van der Waals surface area (Å²) < 4.78 is 52.8. The predicted octanol–water partition coefficient (Wildman–Crippen LogP) is 5.72. The molecule has 1 aliphatic rings. The minimum Gasteiger partial charge on any atom is -0.497 e. The first kappa shape index (κ1) is 27.6. The number of carbonyl (C=O) groups excluding carboxylic acids is 2. The van der Waals surface area contributed by atoms with E-state index in [9.17, 15) is 22.8 Å². The largest absolute Gasteiger partial charge is 0.573 e. The predicted molar refractivity (Wildman–Crippen MR) is 143 cm³/mol. The summed E-state index contributed by atoms with van der Waals surface area (Å²) in [7, 11) is 3.02. The maximum atomic E-state index is 13.4. The minimum absolute atomic E-state index is 0.106. The van der Waals surface area contributed by atoms with Crippen molar-refractivity contribution in [2.75, 3.05) is 30.2 Å². The molecule has 1 aliphatic heterocycles. The summed E-state index contributed by atoms with van der Waals surface area (Å²) >= 11 is 0.955. The molecule has 0 radical (unpaired) electrons. The Morgan fingerprint density at radius 2 is 1.72 bits per heavy atom. The number of aliphatic imine (C=N–C) groups is 1. The van der Waals surface area contributed by atoms with Crippen LogP contribution in [0.25, 0.3) is 6.08 Å². The number of halogens is 3. The summed E-state index contributed by atoms with van der Waals surface area (Å²) in [6.45, 7) is 0. The van der Waals surface area contributed by atoms with Crippen LogP contribution in [-0.2, 0) is 9.59 Å². The van der Waals surface area contributed by atoms with Gasteiger partial charge in [0.05, 0.1) is 31.3 Å². The number of nitrogens with one attached hydrogen (secondary N) is 1. The third kappa shape index (κ3) is 6.90. The number of hydrogen-bond acceptors (Lipinski definition) is 7. The van der Waals surface area contributed by atoms with E-state index in [0.717, 1.165) is 17.8 Å². The molecule has 3 aromatic rings. The van der Waals surface area contributed by atoms with E-state index < -0.39 is 23.9 Å². The van der Waals surface area contributed by atoms with E-state index in [-0.39, 0.29) is 22.3 Å². The molecule has 8 nitrogen and oxygen atoms in total. The Morgan fingerprint density at radius 3 is 2.41 bits per heavy atom. The van der Waals surface area contributed by atoms with Crippen molar-refractivity contribution in [3.8, 4) is 17.2 Å². The fraction of sp³-hybridized carbons (Fsp3) is 0.148. The molecular formula is C27H22F3N3O5S. The van der Waals surface area contributed by atoms with Gasteiger partial charge in [-0.1, -0.05) is 42.1 Å². The second-order valence-corrected chi connectivity index (χ2v) is 8.83. The molecule has 0 aromatic heterocycles. The molecule has 0 saturated carbocycles. The normalized spacial score (nSPS) is 14.3. The average Bonchev–Trinajstić information content (AvgIpc) is 3.23. The summed E-state index contributed by atoms with van der Waals surface area (Å²) in [6.07, 6.45) is -3.35. The highest BCUT2D eigenvalue weighted by Crippen LogP contribution is 2.33. The van der Waals surface area contributed by atoms with Crippen molar-refractivity contribution in [2.45, 2.75) is 6.36 Å². The highest BCUT2D eigenvalue weighted by atomic mass is 32.2. The highest BCUT2D eigenvalue weighted by Gasteiger charge is 2.34. The number of amides is 2. The molecule has 1 N–H and O–H groups in total. The van der Waals surface area contributed by atoms with Crippen molar-refractivity contribution < 1.29 is 37.0 Å². The van der Waals surface area contributed by atoms with Crippen LogP contribution in [-0.4, -0.2) is 43.3 Å². The van der Waals surface area contributed by atoms with Crippen molar-refractivity contribution in [1.29, 1.82) is 0 Å². The van der Waals surface area contributed by atoms with Crippen LogP contribution in [0.4, 0.5) is 24.5 Å². The number of amidine groups is 1. The number of carbonyl (C=O) groups is 2. The summed E-state index contributed by atoms with van der Waals surface area (Å²) in [5.41, 5.74) is 1.08. The van der Waals surface area contributed by atoms with Gasteiger partial charge in [-0.25, -0.2) is 4.99 Å². The van der Waals surface area contributed by atoms with Gasteiger partial charge in [0.25, 0.3) is 5.91 Å². The Labute approximate surface area is 226 Å². The first-order valence-corrected chi connectivity index (χ1v) is 12.4. The summed E-state index contributed by atoms with van der Waals surface area (Å²) in [4.78, 5) is 31.9. The zero-order valence-electron chi connectivity index (χ0n) is 20.7. The smallest absolute Gasteiger partial charge is 0.497 e. The Bertz CT molecular complexity index is 1430. The van der Waals surface area contributed by atoms with Gasteiger partial charge in [0.2, 0.25) is 5.91 Å². The van der Waals surface area contributed by atoms with Crippen LogP contribution in [0.15, 0.2) is 83.5 Å². The van der Waals surface area contributed by atoms with Gasteiger partial charge in [-0.3, -0.25) is 14.5 Å². The Hall–Kier alpha value is -4.45. The number of ether oxygens (including phenoxy) is 3. The highest BCUT2D eigenvalue weighted by molar-refractivity contribution is 8.14. The third-order valence-corrected chi connectivity index (χ3v) is 6.23. The van der Waals surface area contributed by atoms with Crippen LogP contribution in [0.2, 0.25) is 0 Å². The number of benzene rings is 3. The summed E-state index contributed by atoms with van der Waals surface area (Å²) in [5, 5.41) is 2.64. The zero-order chi connectivity index (χ0) is 28.0. The molecule has 0 fully saturated rings. The second-order valence-electron chi connectivity index (χ2n) is 7.89. The molecule has 4 rings (SSSR count). The zero-order valence-corrected chi connectivity index (χ0v) is 21.5. The standard InChI is InChI=1S/C27H22F3N3O5S/c1-36-19-13-12-17(23(15-19)37-2)14-21-25(35)33(18-8-4-3-5-9-18)26(32-21)39-16-24(34)31-20-10-6-7-11-22(20)38-27(28,29)30/h3-15H,16H2,1-2H3,(H,31,34)/b21-14+. The number of anilines is 2. The van der Waals surface area contributed by atoms with Crippen molar-refractivity contribution in [3.05, 3.63) is 84.1 Å². The molecule has 39 heavy (non-hydrogen) atoms. The lowest BCUT2D eigenvalue weighted by molar-refractivity contribution is -0.274. The molecule has 0 aliphatic carbocycles. The number of para-hydroxylation sites is 3. The van der Waals surface area contributed by atoms with Crippen molar-refractivity contribution in [2.24, 2.45) is 4.99 Å². The van der Waals surface area contributed by atoms with Crippen LogP contribution in [0.5, 0.6) is 17.2 Å². The molecule has 2 amide bonds. The van der Waals surface area contributed by atoms with Gasteiger partial charge in [-0.15, -0.1) is 13.2 Å². The first-order chi connectivity index (χ1) is 18.7. The lowest BCUT2D eigenvalue weighted by Crippen LogP contribution is -2.31. The number of thioether (sulfide) groups is 1. The van der Waals surface area contributed by atoms with Crippen LogP contribution in [0, 0.1) is 0 Å². The van der Waals surface area contributed by atoms with Gasteiger partial charge in [0.1, 0.15) is 17.2 Å². The van der Waals surface area contributed by atoms with Crippen molar-refractivity contribution in [1.82, 2.24) is 0 Å². The van der Waals surface area contributed by atoms with E-state index in [0.29, 0.717) is 22.7 Å². The molecule has 3 aromatic carbocycles. The Balaban J connectivity index is 1.57. The van der Waals surface area contributed by atoms with E-state index in [1.54, 1.807) is 54.6 Å². The number of alkyl halides is 3. The lowest BCUT2D eigenvalue weighted by atomic mass is 10.1. The Kier molecular flexibility index (Phi) is 8.45. The fourth-order valence-corrected chi connectivity index (χ4v) is 4.40. The van der Waals surface area contributed by atoms with E-state index in [2.05, 4.69) is 15.0 Å². The quantitative estimate of drug-likeness (QED) is 0.357. The molecule has 12 heteroatoms. The molecule has 1 heterocycles. The molecule has 0 spiro atoms. The van der Waals surface area contributed by atoms with E-state index in [1.165, 1.54) is 37.3 Å². The van der Waals surface area contributed by atoms with Gasteiger partial charge < -0.3 is 19.5 Å². The van der Waals surface area contributed by atoms with Gasteiger partial charge in [-0.2, -0.15) is 0 Å². The minimum atomic E-state index is -4.92. The van der Waals surface area contributed by atoms with Crippen molar-refractivity contribution >= 4 is 46.2 Å². The second kappa shape index (κ2) is 11.9. The van der Waals surface area contributed by atoms with Gasteiger partial charge >= 0.3 is 6.36 Å². The van der Waals surface area contributed by atoms with Crippen LogP contribution in [0.3, 0.4) is 0 Å². The first-order valence-electron chi connectivity index (χ1n) is 11.4. The molecular weight excluding hydrogens is 535 g/mol.